The van der Waals surface area contributed by atoms with Crippen molar-refractivity contribution in [3.8, 4) is 0 Å². The van der Waals surface area contributed by atoms with Gasteiger partial charge in [-0.05, 0) is 135 Å². The van der Waals surface area contributed by atoms with Crippen LogP contribution in [0.3, 0.4) is 0 Å². The Hall–Kier alpha value is -4.54. The van der Waals surface area contributed by atoms with E-state index in [0.717, 1.165) is 186 Å². The quantitative estimate of drug-likeness (QED) is 0.0169. The van der Waals surface area contributed by atoms with Crippen LogP contribution in [0.25, 0.3) is 0 Å². The minimum absolute atomic E-state index is 0.0705. The lowest BCUT2D eigenvalue weighted by molar-refractivity contribution is -0.161. The minimum atomic E-state index is -4.99. The zero-order valence-electron chi connectivity index (χ0n) is 65.4. The largest absolute Gasteiger partial charge is 0.472 e. The Morgan fingerprint density at radius 1 is 0.279 bits per heavy atom. The molecular weight excluding hydrogens is 1350 g/mol. The third-order valence-electron chi connectivity index (χ3n) is 16.9. The van der Waals surface area contributed by atoms with Gasteiger partial charge in [-0.25, -0.2) is 9.13 Å². The van der Waals surface area contributed by atoms with Crippen LogP contribution in [0.15, 0.2) is 122 Å². The molecule has 19 heteroatoms. The number of esters is 4. The standard InChI is InChI=1S/C85H146O17P2/c1-5-9-13-17-21-25-29-33-35-37-39-41-43-47-50-54-58-62-66-70-83(88)96-76-81(102-85(90)72-68-64-60-56-52-48-44-42-40-38-36-34-30-26-22-18-14-10-6-2)78-100-104(93,94)98-74-79(86)73-97-103(91,92)99-77-80(101-84(89)71-67-63-59-55-51-46-32-28-24-20-16-12-8-4)75-95-82(87)69-65-61-57-53-49-45-31-27-23-19-15-11-7-3/h9,13,15,19,21-22,25-27,31,33-36,39-42,47,50,79-81,86H,5-8,10-12,14,16-18,20,23-24,28-30,32,37-38,43-46,48-49,51-78H2,1-4H3,(H,91,92)(H,93,94)/b13-9-,19-15-,25-21-,26-22-,31-27-,35-33-,36-34-,41-39-,42-40-,50-47-. The second-order valence-electron chi connectivity index (χ2n) is 27.0. The van der Waals surface area contributed by atoms with E-state index in [4.69, 9.17) is 37.0 Å². The van der Waals surface area contributed by atoms with E-state index >= 15 is 0 Å². The van der Waals surface area contributed by atoms with Crippen molar-refractivity contribution < 1.29 is 80.2 Å². The Kier molecular flexibility index (Phi) is 73.3. The zero-order chi connectivity index (χ0) is 76.0. The maximum Gasteiger partial charge on any atom is 0.472 e. The van der Waals surface area contributed by atoms with Gasteiger partial charge < -0.3 is 33.8 Å². The van der Waals surface area contributed by atoms with Gasteiger partial charge in [0.15, 0.2) is 12.2 Å². The molecule has 0 rings (SSSR count). The summed E-state index contributed by atoms with van der Waals surface area (Å²) in [6.07, 6.45) is 84.5. The topological polar surface area (TPSA) is 237 Å². The van der Waals surface area contributed by atoms with Crippen molar-refractivity contribution in [3.63, 3.8) is 0 Å². The molecule has 0 spiro atoms. The summed E-state index contributed by atoms with van der Waals surface area (Å²) >= 11 is 0. The number of phosphoric acid groups is 2. The molecule has 0 aromatic heterocycles. The predicted molar refractivity (Wildman–Crippen MR) is 427 cm³/mol. The summed E-state index contributed by atoms with van der Waals surface area (Å²) in [5.74, 6) is -2.23. The van der Waals surface area contributed by atoms with Crippen LogP contribution >= 0.6 is 15.6 Å². The number of hydrogen-bond donors (Lipinski definition) is 3. The maximum atomic E-state index is 13.1. The van der Waals surface area contributed by atoms with Gasteiger partial charge in [0.2, 0.25) is 0 Å². The van der Waals surface area contributed by atoms with E-state index in [1.54, 1.807) is 0 Å². The summed E-state index contributed by atoms with van der Waals surface area (Å²) in [5.41, 5.74) is 0. The lowest BCUT2D eigenvalue weighted by atomic mass is 10.0. The molecule has 0 aliphatic rings. The molecule has 0 fully saturated rings. The van der Waals surface area contributed by atoms with Crippen LogP contribution in [0.4, 0.5) is 0 Å². The lowest BCUT2D eigenvalue weighted by Crippen LogP contribution is -2.30. The summed E-state index contributed by atoms with van der Waals surface area (Å²) in [5, 5.41) is 10.6. The van der Waals surface area contributed by atoms with Crippen LogP contribution in [0.2, 0.25) is 0 Å². The molecule has 0 amide bonds. The number of carbonyl (C=O) groups is 4. The van der Waals surface area contributed by atoms with Gasteiger partial charge in [-0.15, -0.1) is 0 Å². The number of rotatable bonds is 76. The number of aliphatic hydroxyl groups is 1. The van der Waals surface area contributed by atoms with Gasteiger partial charge in [-0.1, -0.05) is 297 Å². The number of phosphoric ester groups is 2. The van der Waals surface area contributed by atoms with Gasteiger partial charge in [-0.2, -0.15) is 0 Å². The Morgan fingerprint density at radius 2 is 0.519 bits per heavy atom. The first kappa shape index (κ1) is 99.5. The number of aliphatic hydroxyl groups excluding tert-OH is 1. The van der Waals surface area contributed by atoms with Gasteiger partial charge >= 0.3 is 39.5 Å². The molecule has 3 N–H and O–H groups in total. The third-order valence-corrected chi connectivity index (χ3v) is 18.8. The van der Waals surface area contributed by atoms with E-state index in [0.29, 0.717) is 25.7 Å². The Bertz CT molecular complexity index is 2440. The second-order valence-corrected chi connectivity index (χ2v) is 29.9. The van der Waals surface area contributed by atoms with E-state index in [9.17, 15) is 43.2 Å². The van der Waals surface area contributed by atoms with Crippen molar-refractivity contribution in [2.24, 2.45) is 0 Å². The molecule has 0 aliphatic carbocycles. The van der Waals surface area contributed by atoms with E-state index in [1.165, 1.54) is 70.6 Å². The van der Waals surface area contributed by atoms with Crippen LogP contribution in [-0.2, 0) is 65.4 Å². The average molecular weight is 1500 g/mol. The fourth-order valence-corrected chi connectivity index (χ4v) is 12.3. The smallest absolute Gasteiger partial charge is 0.462 e. The number of allylic oxidation sites excluding steroid dienone is 20. The fraction of sp³-hybridized carbons (Fsp3) is 0.718. The molecule has 0 heterocycles. The van der Waals surface area contributed by atoms with E-state index in [2.05, 4.69) is 149 Å². The van der Waals surface area contributed by atoms with E-state index < -0.39 is 97.5 Å². The zero-order valence-corrected chi connectivity index (χ0v) is 67.2. The molecule has 0 aromatic carbocycles. The molecule has 0 aromatic rings. The van der Waals surface area contributed by atoms with Crippen LogP contribution in [0.1, 0.15) is 336 Å². The average Bonchev–Trinajstić information content (AvgIpc) is 0.906. The predicted octanol–water partition coefficient (Wildman–Crippen LogP) is 23.9. The van der Waals surface area contributed by atoms with Gasteiger partial charge in [0.05, 0.1) is 26.4 Å². The SMILES string of the molecule is CC/C=C\C/C=C\C/C=C\C/C=C\C/C=C\CCCCCC(=O)OCC(COP(=O)(O)OCC(O)COP(=O)(O)OCC(COC(=O)CCCCCCC/C=C\C/C=C\CCC)OC(=O)CCCCCCCCCCCCCCC)OC(=O)CCCCCCCC/C=C\C/C=C\C/C=C\CCCCC. The van der Waals surface area contributed by atoms with Gasteiger partial charge in [-0.3, -0.25) is 37.3 Å². The highest BCUT2D eigenvalue weighted by Crippen LogP contribution is 2.45. The molecule has 104 heavy (non-hydrogen) atoms. The summed E-state index contributed by atoms with van der Waals surface area (Å²) in [4.78, 5) is 73.0. The number of unbranched alkanes of at least 4 members (excludes halogenated alkanes) is 30. The van der Waals surface area contributed by atoms with Crippen molar-refractivity contribution in [1.82, 2.24) is 0 Å². The van der Waals surface area contributed by atoms with Gasteiger partial charge in [0, 0.05) is 25.7 Å². The van der Waals surface area contributed by atoms with Crippen molar-refractivity contribution in [3.05, 3.63) is 122 Å². The Morgan fingerprint density at radius 3 is 0.837 bits per heavy atom. The van der Waals surface area contributed by atoms with Gasteiger partial charge in [0.1, 0.15) is 19.3 Å². The molecule has 0 radical (unpaired) electrons. The molecule has 5 atom stereocenters. The highest BCUT2D eigenvalue weighted by atomic mass is 31.2. The van der Waals surface area contributed by atoms with E-state index in [-0.39, 0.29) is 25.7 Å². The van der Waals surface area contributed by atoms with Crippen molar-refractivity contribution in [2.75, 3.05) is 39.6 Å². The highest BCUT2D eigenvalue weighted by Gasteiger charge is 2.30. The first-order valence-electron chi connectivity index (χ1n) is 40.8. The van der Waals surface area contributed by atoms with Crippen molar-refractivity contribution in [2.45, 2.75) is 354 Å². The molecule has 0 aliphatic heterocycles. The molecule has 598 valence electrons. The van der Waals surface area contributed by atoms with Crippen LogP contribution < -0.4 is 0 Å². The normalized spacial score (nSPS) is 14.5. The Labute approximate surface area is 632 Å². The van der Waals surface area contributed by atoms with Crippen LogP contribution in [0.5, 0.6) is 0 Å². The first-order valence-corrected chi connectivity index (χ1v) is 43.8. The van der Waals surface area contributed by atoms with Crippen molar-refractivity contribution in [1.29, 1.82) is 0 Å². The monoisotopic (exact) mass is 1500 g/mol. The third kappa shape index (κ3) is 75.7. The molecule has 0 saturated heterocycles. The number of ether oxygens (including phenoxy) is 4. The molecule has 17 nitrogen and oxygen atoms in total. The number of hydrogen-bond acceptors (Lipinski definition) is 15. The molecular formula is C85H146O17P2. The molecule has 5 unspecified atom stereocenters. The Balaban J connectivity index is 5.40. The summed E-state index contributed by atoms with van der Waals surface area (Å²) in [6.45, 7) is 4.63. The minimum Gasteiger partial charge on any atom is -0.462 e. The summed E-state index contributed by atoms with van der Waals surface area (Å²) < 4.78 is 68.6. The number of carbonyl (C=O) groups excluding carboxylic acids is 4. The molecule has 0 bridgehead atoms. The summed E-state index contributed by atoms with van der Waals surface area (Å²) in [7, 11) is -9.97. The second kappa shape index (κ2) is 76.6. The maximum absolute atomic E-state index is 13.1. The van der Waals surface area contributed by atoms with E-state index in [1.807, 2.05) is 0 Å². The lowest BCUT2D eigenvalue weighted by Gasteiger charge is -2.21. The van der Waals surface area contributed by atoms with Crippen LogP contribution in [-0.4, -0.2) is 96.7 Å². The van der Waals surface area contributed by atoms with Crippen molar-refractivity contribution >= 4 is 39.5 Å². The fourth-order valence-electron chi connectivity index (χ4n) is 10.7. The molecule has 0 saturated carbocycles. The van der Waals surface area contributed by atoms with Crippen LogP contribution in [0, 0.1) is 0 Å². The highest BCUT2D eigenvalue weighted by molar-refractivity contribution is 7.47. The first-order chi connectivity index (χ1) is 50.7. The van der Waals surface area contributed by atoms with Gasteiger partial charge in [0.25, 0.3) is 0 Å². The summed E-state index contributed by atoms with van der Waals surface area (Å²) in [6, 6.07) is 0.